The van der Waals surface area contributed by atoms with Gasteiger partial charge >= 0.3 is 5.97 Å². The number of anilines is 1. The first kappa shape index (κ1) is 17.2. The van der Waals surface area contributed by atoms with Crippen LogP contribution in [0.5, 0.6) is 0 Å². The van der Waals surface area contributed by atoms with Gasteiger partial charge in [-0.15, -0.1) is 0 Å². The van der Waals surface area contributed by atoms with E-state index in [0.29, 0.717) is 12.2 Å². The van der Waals surface area contributed by atoms with Crippen molar-refractivity contribution in [2.75, 3.05) is 18.6 Å². The summed E-state index contributed by atoms with van der Waals surface area (Å²) in [7, 11) is 1.37. The predicted molar refractivity (Wildman–Crippen MR) is 95.5 cm³/mol. The molecule has 0 saturated carbocycles. The van der Waals surface area contributed by atoms with Gasteiger partial charge in [-0.1, -0.05) is 18.2 Å². The number of methoxy groups -OCH3 is 1. The number of hydrogen-bond donors (Lipinski definition) is 0. The SMILES string of the molecule is COC(=O)c1cccc(-c2ccc3c(c2)COCC(=O)N3C(C)C)c1. The number of ether oxygens (including phenoxy) is 2. The molecule has 0 fully saturated rings. The highest BCUT2D eigenvalue weighted by molar-refractivity contribution is 5.96. The van der Waals surface area contributed by atoms with E-state index in [1.165, 1.54) is 7.11 Å². The zero-order valence-electron chi connectivity index (χ0n) is 14.6. The molecule has 2 aromatic carbocycles. The van der Waals surface area contributed by atoms with Crippen LogP contribution in [0, 0.1) is 0 Å². The molecule has 0 bridgehead atoms. The molecule has 1 heterocycles. The largest absolute Gasteiger partial charge is 0.465 e. The number of esters is 1. The van der Waals surface area contributed by atoms with E-state index in [0.717, 1.165) is 22.4 Å². The van der Waals surface area contributed by atoms with Gasteiger partial charge < -0.3 is 14.4 Å². The van der Waals surface area contributed by atoms with E-state index in [9.17, 15) is 9.59 Å². The lowest BCUT2D eigenvalue weighted by Gasteiger charge is -2.26. The third-order valence-electron chi connectivity index (χ3n) is 4.22. The van der Waals surface area contributed by atoms with Gasteiger partial charge in [0.1, 0.15) is 6.61 Å². The lowest BCUT2D eigenvalue weighted by atomic mass is 9.99. The third kappa shape index (κ3) is 3.42. The van der Waals surface area contributed by atoms with Crippen molar-refractivity contribution in [3.8, 4) is 11.1 Å². The van der Waals surface area contributed by atoms with Gasteiger partial charge in [0.05, 0.1) is 19.3 Å². The number of fused-ring (bicyclic) bond motifs is 1. The number of hydrogen-bond acceptors (Lipinski definition) is 4. The topological polar surface area (TPSA) is 55.8 Å². The zero-order valence-corrected chi connectivity index (χ0v) is 14.6. The van der Waals surface area contributed by atoms with E-state index in [-0.39, 0.29) is 24.5 Å². The summed E-state index contributed by atoms with van der Waals surface area (Å²) in [5.74, 6) is -0.397. The van der Waals surface area contributed by atoms with E-state index in [2.05, 4.69) is 0 Å². The van der Waals surface area contributed by atoms with Gasteiger partial charge in [0.25, 0.3) is 5.91 Å². The minimum Gasteiger partial charge on any atom is -0.465 e. The third-order valence-corrected chi connectivity index (χ3v) is 4.22. The summed E-state index contributed by atoms with van der Waals surface area (Å²) in [6.45, 7) is 4.44. The highest BCUT2D eigenvalue weighted by atomic mass is 16.5. The van der Waals surface area contributed by atoms with Gasteiger partial charge in [-0.25, -0.2) is 4.79 Å². The summed E-state index contributed by atoms with van der Waals surface area (Å²) in [4.78, 5) is 25.8. The van der Waals surface area contributed by atoms with Crippen LogP contribution in [0.4, 0.5) is 5.69 Å². The number of carbonyl (C=O) groups is 2. The second-order valence-electron chi connectivity index (χ2n) is 6.27. The maximum absolute atomic E-state index is 12.3. The highest BCUT2D eigenvalue weighted by Gasteiger charge is 2.25. The molecular weight excluding hydrogens is 318 g/mol. The van der Waals surface area contributed by atoms with Crippen molar-refractivity contribution in [3.05, 3.63) is 53.6 Å². The molecule has 5 heteroatoms. The lowest BCUT2D eigenvalue weighted by molar-refractivity contribution is -0.123. The molecule has 0 aliphatic carbocycles. The number of benzene rings is 2. The molecule has 130 valence electrons. The van der Waals surface area contributed by atoms with Crippen LogP contribution in [0.2, 0.25) is 0 Å². The Morgan fingerprint density at radius 3 is 2.60 bits per heavy atom. The minimum atomic E-state index is -0.364. The highest BCUT2D eigenvalue weighted by Crippen LogP contribution is 2.31. The molecule has 25 heavy (non-hydrogen) atoms. The molecule has 0 spiro atoms. The Morgan fingerprint density at radius 2 is 1.88 bits per heavy atom. The standard InChI is InChI=1S/C20H21NO4/c1-13(2)21-18-8-7-15(10-17(18)11-25-12-19(21)22)14-5-4-6-16(9-14)20(23)24-3/h4-10,13H,11-12H2,1-3H3. The van der Waals surface area contributed by atoms with Crippen molar-refractivity contribution in [2.45, 2.75) is 26.5 Å². The van der Waals surface area contributed by atoms with E-state index >= 15 is 0 Å². The maximum atomic E-state index is 12.3. The minimum absolute atomic E-state index is 0.0332. The van der Waals surface area contributed by atoms with E-state index < -0.39 is 0 Å². The van der Waals surface area contributed by atoms with Crippen molar-refractivity contribution in [1.82, 2.24) is 0 Å². The lowest BCUT2D eigenvalue weighted by Crippen LogP contribution is -2.38. The molecular formula is C20H21NO4. The van der Waals surface area contributed by atoms with Crippen molar-refractivity contribution < 1.29 is 19.1 Å². The molecule has 0 radical (unpaired) electrons. The Kier molecular flexibility index (Phi) is 4.86. The van der Waals surface area contributed by atoms with Crippen LogP contribution in [0.1, 0.15) is 29.8 Å². The molecule has 1 amide bonds. The fourth-order valence-corrected chi connectivity index (χ4v) is 3.08. The monoisotopic (exact) mass is 339 g/mol. The second-order valence-corrected chi connectivity index (χ2v) is 6.27. The first-order valence-electron chi connectivity index (χ1n) is 8.22. The fourth-order valence-electron chi connectivity index (χ4n) is 3.08. The molecule has 1 aliphatic heterocycles. The van der Waals surface area contributed by atoms with Gasteiger partial charge in [0, 0.05) is 17.3 Å². The Labute approximate surface area is 147 Å². The molecule has 2 aromatic rings. The quantitative estimate of drug-likeness (QED) is 0.804. The number of carbonyl (C=O) groups excluding carboxylic acids is 2. The van der Waals surface area contributed by atoms with Gasteiger partial charge in [-0.05, 0) is 49.2 Å². The fraction of sp³-hybridized carbons (Fsp3) is 0.300. The molecule has 3 rings (SSSR count). The van der Waals surface area contributed by atoms with Crippen molar-refractivity contribution in [3.63, 3.8) is 0 Å². The second kappa shape index (κ2) is 7.07. The molecule has 0 unspecified atom stereocenters. The Bertz CT molecular complexity index is 813. The summed E-state index contributed by atoms with van der Waals surface area (Å²) in [5, 5.41) is 0. The van der Waals surface area contributed by atoms with Crippen LogP contribution < -0.4 is 4.90 Å². The van der Waals surface area contributed by atoms with E-state index in [1.807, 2.05) is 44.2 Å². The van der Waals surface area contributed by atoms with Gasteiger partial charge in [0.15, 0.2) is 0 Å². The zero-order chi connectivity index (χ0) is 18.0. The normalized spacial score (nSPS) is 14.2. The van der Waals surface area contributed by atoms with Gasteiger partial charge in [0.2, 0.25) is 0 Å². The summed E-state index contributed by atoms with van der Waals surface area (Å²) in [6.07, 6.45) is 0. The maximum Gasteiger partial charge on any atom is 0.337 e. The summed E-state index contributed by atoms with van der Waals surface area (Å²) >= 11 is 0. The van der Waals surface area contributed by atoms with Crippen LogP contribution in [0.15, 0.2) is 42.5 Å². The molecule has 0 atom stereocenters. The predicted octanol–water partition coefficient (Wildman–Crippen LogP) is 3.41. The van der Waals surface area contributed by atoms with Crippen LogP contribution in [-0.4, -0.2) is 31.6 Å². The van der Waals surface area contributed by atoms with Crippen LogP contribution in [-0.2, 0) is 20.9 Å². The van der Waals surface area contributed by atoms with Gasteiger partial charge in [-0.3, -0.25) is 4.79 Å². The summed E-state index contributed by atoms with van der Waals surface area (Å²) < 4.78 is 10.3. The van der Waals surface area contributed by atoms with E-state index in [1.54, 1.807) is 17.0 Å². The molecule has 5 nitrogen and oxygen atoms in total. The molecule has 1 aliphatic rings. The summed E-state index contributed by atoms with van der Waals surface area (Å²) in [6, 6.07) is 13.3. The first-order valence-corrected chi connectivity index (χ1v) is 8.22. The Balaban J connectivity index is 2.03. The van der Waals surface area contributed by atoms with Crippen LogP contribution >= 0.6 is 0 Å². The van der Waals surface area contributed by atoms with Crippen LogP contribution in [0.3, 0.4) is 0 Å². The van der Waals surface area contributed by atoms with Crippen molar-refractivity contribution >= 4 is 17.6 Å². The van der Waals surface area contributed by atoms with E-state index in [4.69, 9.17) is 9.47 Å². The number of amides is 1. The molecule has 0 aromatic heterocycles. The first-order chi connectivity index (χ1) is 12.0. The summed E-state index contributed by atoms with van der Waals surface area (Å²) in [5.41, 5.74) is 4.22. The van der Waals surface area contributed by atoms with Crippen molar-refractivity contribution in [2.24, 2.45) is 0 Å². The molecule has 0 saturated heterocycles. The number of nitrogens with zero attached hydrogens (tertiary/aromatic N) is 1. The Morgan fingerprint density at radius 1 is 1.12 bits per heavy atom. The molecule has 0 N–H and O–H groups in total. The average molecular weight is 339 g/mol. The van der Waals surface area contributed by atoms with Gasteiger partial charge in [-0.2, -0.15) is 0 Å². The Hall–Kier alpha value is -2.66. The van der Waals surface area contributed by atoms with Crippen molar-refractivity contribution in [1.29, 1.82) is 0 Å². The van der Waals surface area contributed by atoms with Crippen LogP contribution in [0.25, 0.3) is 11.1 Å². The smallest absolute Gasteiger partial charge is 0.337 e. The number of rotatable bonds is 3. The average Bonchev–Trinajstić information content (AvgIpc) is 2.78.